The van der Waals surface area contributed by atoms with Gasteiger partial charge in [0.05, 0.1) is 18.6 Å². The van der Waals surface area contributed by atoms with Crippen LogP contribution < -0.4 is 10.2 Å². The number of nitrogens with zero attached hydrogens (tertiary/aromatic N) is 1. The number of benzene rings is 1. The van der Waals surface area contributed by atoms with Crippen LogP contribution >= 0.6 is 0 Å². The first-order chi connectivity index (χ1) is 13.2. The molecule has 0 aromatic heterocycles. The van der Waals surface area contributed by atoms with Gasteiger partial charge in [0, 0.05) is 30.3 Å². The third-order valence-electron chi connectivity index (χ3n) is 5.36. The minimum Gasteiger partial charge on any atom is -0.355 e. The molecule has 1 aliphatic heterocycles. The Kier molecular flexibility index (Phi) is 7.60. The van der Waals surface area contributed by atoms with Crippen molar-refractivity contribution in [2.75, 3.05) is 32.1 Å². The summed E-state index contributed by atoms with van der Waals surface area (Å²) in [7, 11) is 0.505. The van der Waals surface area contributed by atoms with Gasteiger partial charge in [-0.3, -0.25) is 9.59 Å². The van der Waals surface area contributed by atoms with E-state index in [0.29, 0.717) is 25.1 Å². The Bertz CT molecular complexity index is 792. The van der Waals surface area contributed by atoms with Crippen molar-refractivity contribution < 1.29 is 22.9 Å². The maximum Gasteiger partial charge on any atom is 0.278 e. The van der Waals surface area contributed by atoms with Crippen molar-refractivity contribution in [2.45, 2.75) is 45.3 Å². The van der Waals surface area contributed by atoms with E-state index in [4.69, 9.17) is 0 Å². The summed E-state index contributed by atoms with van der Waals surface area (Å²) < 4.78 is 23.7. The lowest BCUT2D eigenvalue weighted by atomic mass is 10.1. The molecule has 7 nitrogen and oxygen atoms in total. The molecule has 1 aromatic rings. The van der Waals surface area contributed by atoms with Crippen molar-refractivity contribution in [1.29, 1.82) is 0 Å². The highest BCUT2D eigenvalue weighted by atomic mass is 32.2. The highest BCUT2D eigenvalue weighted by Gasteiger charge is 2.37. The number of carbonyl (C=O) groups excluding carboxylic acids is 2. The van der Waals surface area contributed by atoms with Crippen LogP contribution in [-0.4, -0.2) is 69.4 Å². The fourth-order valence-electron chi connectivity index (χ4n) is 3.68. The molecule has 8 heteroatoms. The topological polar surface area (TPSA) is 88.0 Å². The summed E-state index contributed by atoms with van der Waals surface area (Å²) >= 11 is 0. The van der Waals surface area contributed by atoms with E-state index in [9.17, 15) is 18.0 Å². The van der Waals surface area contributed by atoms with Crippen LogP contribution in [-0.2, 0) is 21.2 Å². The van der Waals surface area contributed by atoms with Gasteiger partial charge in [-0.2, -0.15) is 0 Å². The molecule has 1 saturated heterocycles. The van der Waals surface area contributed by atoms with Gasteiger partial charge >= 0.3 is 0 Å². The summed E-state index contributed by atoms with van der Waals surface area (Å²) in [5, 5.41) is 2.59. The lowest BCUT2D eigenvalue weighted by Crippen LogP contribution is -3.09. The Morgan fingerprint density at radius 2 is 1.93 bits per heavy atom. The molecule has 2 rings (SSSR count). The van der Waals surface area contributed by atoms with Crippen molar-refractivity contribution in [1.82, 2.24) is 10.2 Å². The number of hydrogen-bond acceptors (Lipinski definition) is 4. The number of amides is 2. The Morgan fingerprint density at radius 3 is 2.43 bits per heavy atom. The molecule has 1 aliphatic rings. The zero-order chi connectivity index (χ0) is 20.9. The predicted octanol–water partition coefficient (Wildman–Crippen LogP) is -0.125. The molecule has 1 aromatic carbocycles. The van der Waals surface area contributed by atoms with Crippen molar-refractivity contribution >= 4 is 21.7 Å². The lowest BCUT2D eigenvalue weighted by molar-refractivity contribution is -0.885. The van der Waals surface area contributed by atoms with Gasteiger partial charge in [0.1, 0.15) is 6.54 Å². The summed E-state index contributed by atoms with van der Waals surface area (Å²) in [5.41, 5.74) is 1.64. The second kappa shape index (κ2) is 9.52. The van der Waals surface area contributed by atoms with Gasteiger partial charge < -0.3 is 15.1 Å². The fraction of sp³-hybridized carbons (Fsp3) is 0.600. The first kappa shape index (κ1) is 22.4. The zero-order valence-electron chi connectivity index (χ0n) is 17.2. The molecule has 2 N–H and O–H groups in total. The standard InChI is InChI=1S/C20H31N3O4S/c1-5-15(2)23(18-10-11-28(26,27)14-18)19(24)13-22(4)12-16-6-8-17(9-7-16)20(25)21-3/h6-9,15,18H,5,10-14H2,1-4H3,(H,21,25)/p+1/t15-,18+/m0/s1. The summed E-state index contributed by atoms with van der Waals surface area (Å²) in [6, 6.07) is 7.15. The zero-order valence-corrected chi connectivity index (χ0v) is 18.0. The van der Waals surface area contributed by atoms with E-state index >= 15 is 0 Å². The molecule has 0 radical (unpaired) electrons. The number of rotatable bonds is 8. The Hall–Kier alpha value is -1.93. The SMILES string of the molecule is CC[C@H](C)N(C(=O)C[NH+](C)Cc1ccc(C(=O)NC)cc1)[C@@H]1CCS(=O)(=O)C1. The van der Waals surface area contributed by atoms with Gasteiger partial charge in [0.25, 0.3) is 11.8 Å². The maximum absolute atomic E-state index is 13.0. The van der Waals surface area contributed by atoms with Crippen LogP contribution in [0.15, 0.2) is 24.3 Å². The smallest absolute Gasteiger partial charge is 0.278 e. The van der Waals surface area contributed by atoms with E-state index in [1.54, 1.807) is 24.1 Å². The Morgan fingerprint density at radius 1 is 1.29 bits per heavy atom. The molecule has 2 amide bonds. The molecule has 0 saturated carbocycles. The molecule has 1 unspecified atom stereocenters. The lowest BCUT2D eigenvalue weighted by Gasteiger charge is -2.34. The summed E-state index contributed by atoms with van der Waals surface area (Å²) in [5.74, 6) is 0.107. The Labute approximate surface area is 168 Å². The molecular formula is C20H32N3O4S+. The molecule has 1 fully saturated rings. The number of quaternary nitrogens is 1. The molecule has 0 bridgehead atoms. The quantitative estimate of drug-likeness (QED) is 0.625. The molecule has 0 aliphatic carbocycles. The monoisotopic (exact) mass is 410 g/mol. The van der Waals surface area contributed by atoms with Crippen LogP contribution in [0, 0.1) is 0 Å². The maximum atomic E-state index is 13.0. The van der Waals surface area contributed by atoms with Crippen LogP contribution in [0.2, 0.25) is 0 Å². The average Bonchev–Trinajstić information content (AvgIpc) is 3.00. The first-order valence-corrected chi connectivity index (χ1v) is 11.6. The predicted molar refractivity (Wildman–Crippen MR) is 109 cm³/mol. The van der Waals surface area contributed by atoms with Gasteiger partial charge in [-0.05, 0) is 31.9 Å². The van der Waals surface area contributed by atoms with Gasteiger partial charge in [0.15, 0.2) is 16.4 Å². The summed E-state index contributed by atoms with van der Waals surface area (Å²) in [6.45, 7) is 4.95. The van der Waals surface area contributed by atoms with Gasteiger partial charge in [-0.15, -0.1) is 0 Å². The number of sulfone groups is 1. The van der Waals surface area contributed by atoms with Gasteiger partial charge in [0.2, 0.25) is 0 Å². The molecule has 3 atom stereocenters. The van der Waals surface area contributed by atoms with Crippen molar-refractivity contribution in [2.24, 2.45) is 0 Å². The molecular weight excluding hydrogens is 378 g/mol. The number of likely N-dealkylation sites (N-methyl/N-ethyl adjacent to an activating group) is 1. The molecule has 1 heterocycles. The second-order valence-corrected chi connectivity index (χ2v) is 9.93. The normalized spacial score (nSPS) is 20.4. The third kappa shape index (κ3) is 5.78. The van der Waals surface area contributed by atoms with Crippen LogP contribution in [0.25, 0.3) is 0 Å². The van der Waals surface area contributed by atoms with E-state index < -0.39 is 9.84 Å². The van der Waals surface area contributed by atoms with Crippen molar-refractivity contribution in [3.05, 3.63) is 35.4 Å². The van der Waals surface area contributed by atoms with Crippen LogP contribution in [0.4, 0.5) is 0 Å². The minimum absolute atomic E-state index is 0.00377. The summed E-state index contributed by atoms with van der Waals surface area (Å²) in [6.07, 6.45) is 1.32. The van der Waals surface area contributed by atoms with Gasteiger partial charge in [-0.1, -0.05) is 19.1 Å². The number of nitrogens with one attached hydrogen (secondary N) is 2. The van der Waals surface area contributed by atoms with E-state index in [-0.39, 0.29) is 35.4 Å². The fourth-order valence-corrected chi connectivity index (χ4v) is 5.39. The molecule has 28 heavy (non-hydrogen) atoms. The Balaban J connectivity index is 2.01. The van der Waals surface area contributed by atoms with Crippen molar-refractivity contribution in [3.8, 4) is 0 Å². The molecule has 0 spiro atoms. The van der Waals surface area contributed by atoms with Crippen molar-refractivity contribution in [3.63, 3.8) is 0 Å². The van der Waals surface area contributed by atoms with Gasteiger partial charge in [-0.25, -0.2) is 8.42 Å². The second-order valence-electron chi connectivity index (χ2n) is 7.70. The first-order valence-electron chi connectivity index (χ1n) is 9.80. The largest absolute Gasteiger partial charge is 0.355 e. The van der Waals surface area contributed by atoms with E-state index in [1.165, 1.54) is 0 Å². The highest BCUT2D eigenvalue weighted by molar-refractivity contribution is 7.91. The van der Waals surface area contributed by atoms with E-state index in [0.717, 1.165) is 16.9 Å². The molecule has 156 valence electrons. The third-order valence-corrected chi connectivity index (χ3v) is 7.11. The number of hydrogen-bond donors (Lipinski definition) is 2. The number of carbonyl (C=O) groups is 2. The van der Waals surface area contributed by atoms with E-state index in [2.05, 4.69) is 5.32 Å². The van der Waals surface area contributed by atoms with E-state index in [1.807, 2.05) is 33.0 Å². The van der Waals surface area contributed by atoms with Crippen LogP contribution in [0.1, 0.15) is 42.6 Å². The van der Waals surface area contributed by atoms with Crippen LogP contribution in [0.5, 0.6) is 0 Å². The van der Waals surface area contributed by atoms with Crippen LogP contribution in [0.3, 0.4) is 0 Å². The summed E-state index contributed by atoms with van der Waals surface area (Å²) in [4.78, 5) is 27.4. The minimum atomic E-state index is -3.04. The average molecular weight is 411 g/mol. The highest BCUT2D eigenvalue weighted by Crippen LogP contribution is 2.21.